The molecule has 2 saturated heterocycles. The number of hydrogen-bond donors (Lipinski definition) is 3. The number of benzene rings is 1. The second-order valence-corrected chi connectivity index (χ2v) is 10.2. The van der Waals surface area contributed by atoms with Gasteiger partial charge in [0.2, 0.25) is 5.95 Å². The zero-order valence-corrected chi connectivity index (χ0v) is 22.4. The molecule has 0 radical (unpaired) electrons. The van der Waals surface area contributed by atoms with Gasteiger partial charge >= 0.3 is 0 Å². The number of nitrogens with zero attached hydrogens (tertiary/aromatic N) is 5. The van der Waals surface area contributed by atoms with Crippen LogP contribution in [0.2, 0.25) is 0 Å². The fourth-order valence-corrected chi connectivity index (χ4v) is 5.24. The third-order valence-electron chi connectivity index (χ3n) is 7.37. The van der Waals surface area contributed by atoms with Gasteiger partial charge in [0.15, 0.2) is 5.78 Å². The first kappa shape index (κ1) is 26.2. The van der Waals surface area contributed by atoms with Gasteiger partial charge in [-0.05, 0) is 61.8 Å². The molecule has 0 saturated carbocycles. The Hall–Kier alpha value is -3.40. The van der Waals surface area contributed by atoms with Crippen LogP contribution >= 0.6 is 0 Å². The van der Waals surface area contributed by atoms with E-state index in [9.17, 15) is 4.79 Å². The van der Waals surface area contributed by atoms with Gasteiger partial charge in [-0.25, -0.2) is 15.0 Å². The molecule has 9 nitrogen and oxygen atoms in total. The Balaban J connectivity index is 1.25. The molecular weight excluding hydrogens is 476 g/mol. The number of carbonyl (C=O) groups is 1. The van der Waals surface area contributed by atoms with Crippen LogP contribution in [0, 0.1) is 0 Å². The Kier molecular flexibility index (Phi) is 8.58. The lowest BCUT2D eigenvalue weighted by Crippen LogP contribution is -2.49. The molecule has 9 heteroatoms. The summed E-state index contributed by atoms with van der Waals surface area (Å²) in [5.74, 6) is 1.63. The number of Topliss-reactive ketones (excluding diaryl/α,β-unsaturated/α-hetero) is 1. The van der Waals surface area contributed by atoms with Crippen LogP contribution in [0.5, 0.6) is 0 Å². The average Bonchev–Trinajstić information content (AvgIpc) is 3.31. The van der Waals surface area contributed by atoms with Crippen LogP contribution in [0.15, 0.2) is 55.0 Å². The molecule has 4 heterocycles. The molecule has 3 N–H and O–H groups in total. The molecule has 200 valence electrons. The lowest BCUT2D eigenvalue weighted by Gasteiger charge is -2.33. The highest BCUT2D eigenvalue weighted by atomic mass is 16.1. The topological polar surface area (TPSA) is 98.3 Å². The van der Waals surface area contributed by atoms with Gasteiger partial charge in [-0.2, -0.15) is 0 Å². The molecular formula is C29H38N8O. The number of nitrogens with one attached hydrogen (secondary N) is 3. The number of hydrogen-bond acceptors (Lipinski definition) is 9. The largest absolute Gasteiger partial charge is 0.340 e. The lowest BCUT2D eigenvalue weighted by molar-refractivity contribution is -0.116. The molecule has 2 atom stereocenters. The first-order valence-corrected chi connectivity index (χ1v) is 13.7. The van der Waals surface area contributed by atoms with Crippen molar-refractivity contribution in [3.8, 4) is 11.1 Å². The van der Waals surface area contributed by atoms with Gasteiger partial charge in [0, 0.05) is 74.5 Å². The van der Waals surface area contributed by atoms with E-state index in [1.54, 1.807) is 6.20 Å². The van der Waals surface area contributed by atoms with Gasteiger partial charge in [0.1, 0.15) is 5.82 Å². The minimum atomic E-state index is 0.148. The summed E-state index contributed by atoms with van der Waals surface area (Å²) in [4.78, 5) is 30.5. The van der Waals surface area contributed by atoms with E-state index in [1.165, 1.54) is 5.56 Å². The van der Waals surface area contributed by atoms with Crippen LogP contribution < -0.4 is 20.9 Å². The van der Waals surface area contributed by atoms with Crippen LogP contribution in [0.1, 0.15) is 32.3 Å². The highest BCUT2D eigenvalue weighted by molar-refractivity contribution is 5.87. The first-order chi connectivity index (χ1) is 18.6. The molecule has 1 aromatic carbocycles. The third kappa shape index (κ3) is 6.53. The molecule has 0 aliphatic carbocycles. The second kappa shape index (κ2) is 12.4. The molecule has 0 amide bonds. The summed E-state index contributed by atoms with van der Waals surface area (Å²) in [5.41, 5.74) is 4.20. The summed E-state index contributed by atoms with van der Waals surface area (Å²) in [6, 6.07) is 13.2. The number of anilines is 3. The monoisotopic (exact) mass is 514 g/mol. The van der Waals surface area contributed by atoms with E-state index in [4.69, 9.17) is 0 Å². The fraction of sp³-hybridized carbons (Fsp3) is 0.448. The Morgan fingerprint density at radius 2 is 1.97 bits per heavy atom. The number of aromatic nitrogens is 3. The molecule has 3 aromatic rings. The highest BCUT2D eigenvalue weighted by Gasteiger charge is 2.31. The molecule has 2 unspecified atom stereocenters. The third-order valence-corrected chi connectivity index (χ3v) is 7.37. The zero-order valence-electron chi connectivity index (χ0n) is 22.4. The standard InChI is InChI=1S/C29H38N8O/c1-3-30-9-8-26-15-27(38)20-37(26)29-33-17-24(18-34-29)23-7-10-32-28(14-23)35-25-6-4-5-22(13-25)19-36-12-11-31-16-21(36)2/h4-7,10,13-14,17-18,21,26,30-31H,3,8-9,11-12,15-16,19-20H2,1-2H3,(H,32,35). The number of carbonyl (C=O) groups excluding carboxylic acids is 1. The summed E-state index contributed by atoms with van der Waals surface area (Å²) in [6.45, 7) is 10.6. The van der Waals surface area contributed by atoms with E-state index < -0.39 is 0 Å². The summed E-state index contributed by atoms with van der Waals surface area (Å²) in [6.07, 6.45) is 6.93. The van der Waals surface area contributed by atoms with Crippen molar-refractivity contribution in [3.63, 3.8) is 0 Å². The minimum Gasteiger partial charge on any atom is -0.340 e. The van der Waals surface area contributed by atoms with Crippen molar-refractivity contribution in [2.75, 3.05) is 49.5 Å². The van der Waals surface area contributed by atoms with E-state index in [-0.39, 0.29) is 11.8 Å². The van der Waals surface area contributed by atoms with Gasteiger partial charge in [0.05, 0.1) is 6.54 Å². The molecule has 0 bridgehead atoms. The molecule has 38 heavy (non-hydrogen) atoms. The number of piperazine rings is 1. The van der Waals surface area contributed by atoms with Gasteiger partial charge in [-0.3, -0.25) is 9.69 Å². The van der Waals surface area contributed by atoms with Crippen molar-refractivity contribution >= 4 is 23.2 Å². The molecule has 2 fully saturated rings. The number of ketones is 1. The number of pyridine rings is 1. The van der Waals surface area contributed by atoms with Gasteiger partial charge in [-0.15, -0.1) is 0 Å². The maximum absolute atomic E-state index is 12.1. The predicted molar refractivity (Wildman–Crippen MR) is 152 cm³/mol. The van der Waals surface area contributed by atoms with Gasteiger partial charge in [0.25, 0.3) is 0 Å². The minimum absolute atomic E-state index is 0.148. The van der Waals surface area contributed by atoms with Crippen molar-refractivity contribution in [2.24, 2.45) is 0 Å². The molecule has 5 rings (SSSR count). The summed E-state index contributed by atoms with van der Waals surface area (Å²) in [5, 5.41) is 10.3. The average molecular weight is 515 g/mol. The van der Waals surface area contributed by atoms with Crippen molar-refractivity contribution in [3.05, 3.63) is 60.6 Å². The molecule has 2 aliphatic rings. The van der Waals surface area contributed by atoms with Crippen LogP contribution in [-0.4, -0.2) is 77.0 Å². The van der Waals surface area contributed by atoms with Gasteiger partial charge < -0.3 is 20.9 Å². The van der Waals surface area contributed by atoms with E-state index in [0.717, 1.165) is 68.3 Å². The smallest absolute Gasteiger partial charge is 0.225 e. The number of rotatable bonds is 10. The Morgan fingerprint density at radius 1 is 1.11 bits per heavy atom. The van der Waals surface area contributed by atoms with E-state index in [2.05, 4.69) is 73.9 Å². The van der Waals surface area contributed by atoms with Crippen molar-refractivity contribution in [1.29, 1.82) is 0 Å². The van der Waals surface area contributed by atoms with E-state index >= 15 is 0 Å². The maximum Gasteiger partial charge on any atom is 0.225 e. The Labute approximate surface area is 225 Å². The van der Waals surface area contributed by atoms with Crippen LogP contribution in [-0.2, 0) is 11.3 Å². The van der Waals surface area contributed by atoms with Crippen LogP contribution in [0.3, 0.4) is 0 Å². The highest BCUT2D eigenvalue weighted by Crippen LogP contribution is 2.26. The summed E-state index contributed by atoms with van der Waals surface area (Å²) >= 11 is 0. The van der Waals surface area contributed by atoms with Crippen molar-refractivity contribution < 1.29 is 4.79 Å². The van der Waals surface area contributed by atoms with Gasteiger partial charge in [-0.1, -0.05) is 19.1 Å². The van der Waals surface area contributed by atoms with Crippen LogP contribution in [0.25, 0.3) is 11.1 Å². The van der Waals surface area contributed by atoms with Crippen LogP contribution in [0.4, 0.5) is 17.5 Å². The normalized spacial score (nSPS) is 20.2. The second-order valence-electron chi connectivity index (χ2n) is 10.2. The summed E-state index contributed by atoms with van der Waals surface area (Å²) in [7, 11) is 0. The zero-order chi connectivity index (χ0) is 26.3. The molecule has 2 aliphatic heterocycles. The fourth-order valence-electron chi connectivity index (χ4n) is 5.24. The maximum atomic E-state index is 12.1. The summed E-state index contributed by atoms with van der Waals surface area (Å²) < 4.78 is 0. The molecule has 0 spiro atoms. The Morgan fingerprint density at radius 3 is 2.79 bits per heavy atom. The predicted octanol–water partition coefficient (Wildman–Crippen LogP) is 3.22. The van der Waals surface area contributed by atoms with Crippen molar-refractivity contribution in [2.45, 2.75) is 45.3 Å². The van der Waals surface area contributed by atoms with E-state index in [0.29, 0.717) is 25.0 Å². The first-order valence-electron chi connectivity index (χ1n) is 13.7. The van der Waals surface area contributed by atoms with E-state index in [1.807, 2.05) is 29.4 Å². The lowest BCUT2D eigenvalue weighted by atomic mass is 10.1. The SMILES string of the molecule is CCNCCC1CC(=O)CN1c1ncc(-c2ccnc(Nc3cccc(CN4CCNCC4C)c3)c2)cn1. The Bertz CT molecular complexity index is 1220. The van der Waals surface area contributed by atoms with Crippen molar-refractivity contribution in [1.82, 2.24) is 30.5 Å². The quantitative estimate of drug-likeness (QED) is 0.352. The molecule has 2 aromatic heterocycles.